The number of nitrogens with zero attached hydrogens (tertiary/aromatic N) is 1. The molecule has 0 aliphatic rings. The fourth-order valence-electron chi connectivity index (χ4n) is 7.83. The number of hydrogen-bond donors (Lipinski definition) is 0. The minimum absolute atomic E-state index is 0.0391. The Morgan fingerprint density at radius 1 is 0.483 bits per heavy atom. The molecule has 0 aliphatic heterocycles. The first-order valence-corrected chi connectivity index (χ1v) is 25.0. The Hall–Kier alpha value is -1.63. The number of ether oxygens (including phenoxy) is 3. The van der Waals surface area contributed by atoms with E-state index in [1.807, 2.05) is 27.7 Å². The minimum atomic E-state index is -0.470. The summed E-state index contributed by atoms with van der Waals surface area (Å²) in [6.45, 7) is 17.0. The Balaban J connectivity index is 4.69. The van der Waals surface area contributed by atoms with Gasteiger partial charge in [0.15, 0.2) is 0 Å². The predicted molar refractivity (Wildman–Crippen MR) is 246 cm³/mol. The van der Waals surface area contributed by atoms with Crippen molar-refractivity contribution < 1.29 is 28.6 Å². The molecule has 0 amide bonds. The molecule has 7 heteroatoms. The molecule has 2 atom stereocenters. The molecule has 0 aromatic heterocycles. The molecule has 2 unspecified atom stereocenters. The van der Waals surface area contributed by atoms with Gasteiger partial charge in [-0.3, -0.25) is 14.4 Å². The van der Waals surface area contributed by atoms with E-state index in [0.29, 0.717) is 25.6 Å². The first-order valence-electron chi connectivity index (χ1n) is 25.0. The molecule has 0 saturated carbocycles. The lowest BCUT2D eigenvalue weighted by atomic mass is 9.86. The van der Waals surface area contributed by atoms with E-state index in [4.69, 9.17) is 14.2 Å². The molecule has 7 nitrogen and oxygen atoms in total. The first-order chi connectivity index (χ1) is 27.8. The van der Waals surface area contributed by atoms with Crippen LogP contribution < -0.4 is 0 Å². The Morgan fingerprint density at radius 2 is 0.897 bits per heavy atom. The van der Waals surface area contributed by atoms with Crippen LogP contribution in [-0.2, 0) is 28.6 Å². The zero-order valence-corrected chi connectivity index (χ0v) is 40.3. The summed E-state index contributed by atoms with van der Waals surface area (Å²) >= 11 is 0. The normalized spacial score (nSPS) is 13.1. The zero-order chi connectivity index (χ0) is 43.3. The number of carbonyl (C=O) groups is 3. The van der Waals surface area contributed by atoms with Crippen molar-refractivity contribution in [2.75, 3.05) is 33.9 Å². The smallest absolute Gasteiger partial charge is 0.311 e. The van der Waals surface area contributed by atoms with Gasteiger partial charge in [0.2, 0.25) is 0 Å². The predicted octanol–water partition coefficient (Wildman–Crippen LogP) is 14.8. The van der Waals surface area contributed by atoms with Gasteiger partial charge in [0.1, 0.15) is 6.10 Å². The van der Waals surface area contributed by atoms with Crippen LogP contribution in [0.5, 0.6) is 0 Å². The van der Waals surface area contributed by atoms with Crippen molar-refractivity contribution in [2.45, 2.75) is 260 Å². The van der Waals surface area contributed by atoms with Gasteiger partial charge in [0, 0.05) is 6.42 Å². The van der Waals surface area contributed by atoms with Crippen molar-refractivity contribution in [1.82, 2.24) is 4.90 Å². The van der Waals surface area contributed by atoms with Crippen LogP contribution >= 0.6 is 0 Å². The molecule has 0 heterocycles. The van der Waals surface area contributed by atoms with E-state index < -0.39 is 10.8 Å². The lowest BCUT2D eigenvalue weighted by Gasteiger charge is -2.25. The van der Waals surface area contributed by atoms with Crippen LogP contribution in [0.3, 0.4) is 0 Å². The third-order valence-corrected chi connectivity index (χ3v) is 12.2. The van der Waals surface area contributed by atoms with E-state index in [-0.39, 0.29) is 24.0 Å². The van der Waals surface area contributed by atoms with E-state index in [1.54, 1.807) is 0 Å². The summed E-state index contributed by atoms with van der Waals surface area (Å²) in [5.74, 6) is 0.313. The number of rotatable bonds is 42. The van der Waals surface area contributed by atoms with E-state index in [2.05, 4.69) is 39.8 Å². The summed E-state index contributed by atoms with van der Waals surface area (Å²) in [6, 6.07) is 0. The van der Waals surface area contributed by atoms with Gasteiger partial charge in [-0.2, -0.15) is 0 Å². The fraction of sp³-hybridized carbons (Fsp3) is 0.941. The number of carbonyl (C=O) groups excluding carboxylic acids is 3. The van der Waals surface area contributed by atoms with Crippen molar-refractivity contribution in [2.24, 2.45) is 16.7 Å². The van der Waals surface area contributed by atoms with Gasteiger partial charge in [-0.05, 0) is 125 Å². The summed E-state index contributed by atoms with van der Waals surface area (Å²) in [6.07, 6.45) is 35.1. The van der Waals surface area contributed by atoms with Crippen molar-refractivity contribution in [3.63, 3.8) is 0 Å². The monoisotopic (exact) mass is 822 g/mol. The van der Waals surface area contributed by atoms with Gasteiger partial charge in [-0.15, -0.1) is 0 Å². The second-order valence-corrected chi connectivity index (χ2v) is 19.5. The number of esters is 3. The number of unbranched alkanes of at least 4 members (excludes halogenated alkanes) is 19. The molecular formula is C51H99NO6. The Bertz CT molecular complexity index is 978. The molecule has 0 bridgehead atoms. The highest BCUT2D eigenvalue weighted by atomic mass is 16.5. The third-order valence-electron chi connectivity index (χ3n) is 12.2. The maximum absolute atomic E-state index is 13.2. The largest absolute Gasteiger partial charge is 0.465 e. The quantitative estimate of drug-likeness (QED) is 0.0344. The summed E-state index contributed by atoms with van der Waals surface area (Å²) in [4.78, 5) is 40.9. The van der Waals surface area contributed by atoms with Gasteiger partial charge >= 0.3 is 17.9 Å². The van der Waals surface area contributed by atoms with Crippen LogP contribution in [0.2, 0.25) is 0 Å². The molecule has 0 aromatic carbocycles. The minimum Gasteiger partial charge on any atom is -0.465 e. The van der Waals surface area contributed by atoms with Crippen molar-refractivity contribution >= 4 is 17.9 Å². The van der Waals surface area contributed by atoms with Crippen LogP contribution in [0.4, 0.5) is 0 Å². The lowest BCUT2D eigenvalue weighted by Crippen LogP contribution is -2.28. The van der Waals surface area contributed by atoms with Crippen LogP contribution in [-0.4, -0.2) is 62.8 Å². The molecule has 0 spiro atoms. The van der Waals surface area contributed by atoms with E-state index in [1.165, 1.54) is 89.9 Å². The average molecular weight is 822 g/mol. The topological polar surface area (TPSA) is 82.1 Å². The molecule has 0 aromatic rings. The van der Waals surface area contributed by atoms with Crippen molar-refractivity contribution in [3.8, 4) is 0 Å². The lowest BCUT2D eigenvalue weighted by molar-refractivity contribution is -0.156. The second-order valence-electron chi connectivity index (χ2n) is 19.5. The fourth-order valence-corrected chi connectivity index (χ4v) is 7.83. The SMILES string of the molecule is CCCCCCCCCOC(=O)C(C)(C)CCCCCCC(CCCCCCC(C)(C)C(=O)OCC(CCCCC)CCCCCCC)OC(=O)CCCCN(C)C. The highest BCUT2D eigenvalue weighted by Gasteiger charge is 2.30. The van der Waals surface area contributed by atoms with Gasteiger partial charge in [0.25, 0.3) is 0 Å². The maximum Gasteiger partial charge on any atom is 0.311 e. The molecule has 0 radical (unpaired) electrons. The summed E-state index contributed by atoms with van der Waals surface area (Å²) in [7, 11) is 4.13. The molecular weight excluding hydrogens is 723 g/mol. The zero-order valence-electron chi connectivity index (χ0n) is 40.3. The maximum atomic E-state index is 13.2. The van der Waals surface area contributed by atoms with Gasteiger partial charge in [0.05, 0.1) is 24.0 Å². The van der Waals surface area contributed by atoms with Crippen LogP contribution in [0, 0.1) is 16.7 Å². The molecule has 344 valence electrons. The third kappa shape index (κ3) is 33.1. The Labute approximate surface area is 361 Å². The standard InChI is InChI=1S/C51H99NO6/c1-10-13-16-18-19-25-34-43-56-48(54)50(4,5)40-31-23-21-28-37-46(58-47(53)39-30-33-42-52(8)9)38-29-22-24-32-41-51(6,7)49(55)57-44-45(35-26-15-12-3)36-27-20-17-14-11-2/h45-46H,10-44H2,1-9H3. The van der Waals surface area contributed by atoms with Crippen LogP contribution in [0.1, 0.15) is 254 Å². The Kier molecular flexibility index (Phi) is 36.1. The van der Waals surface area contributed by atoms with Crippen molar-refractivity contribution in [1.29, 1.82) is 0 Å². The van der Waals surface area contributed by atoms with Crippen molar-refractivity contribution in [3.05, 3.63) is 0 Å². The molecule has 0 fully saturated rings. The highest BCUT2D eigenvalue weighted by Crippen LogP contribution is 2.29. The van der Waals surface area contributed by atoms with Gasteiger partial charge in [-0.25, -0.2) is 0 Å². The van der Waals surface area contributed by atoms with Crippen LogP contribution in [0.15, 0.2) is 0 Å². The second kappa shape index (κ2) is 37.2. The molecule has 0 aliphatic carbocycles. The summed E-state index contributed by atoms with van der Waals surface area (Å²) < 4.78 is 17.7. The first kappa shape index (κ1) is 56.4. The molecule has 0 rings (SSSR count). The molecule has 0 saturated heterocycles. The van der Waals surface area contributed by atoms with E-state index in [9.17, 15) is 14.4 Å². The highest BCUT2D eigenvalue weighted by molar-refractivity contribution is 5.76. The Morgan fingerprint density at radius 3 is 1.41 bits per heavy atom. The average Bonchev–Trinajstić information content (AvgIpc) is 3.18. The summed E-state index contributed by atoms with van der Waals surface area (Å²) in [5, 5.41) is 0. The van der Waals surface area contributed by atoms with Gasteiger partial charge in [-0.1, -0.05) is 149 Å². The van der Waals surface area contributed by atoms with Gasteiger partial charge < -0.3 is 19.1 Å². The van der Waals surface area contributed by atoms with E-state index >= 15 is 0 Å². The summed E-state index contributed by atoms with van der Waals surface area (Å²) in [5.41, 5.74) is -0.923. The molecule has 58 heavy (non-hydrogen) atoms. The van der Waals surface area contributed by atoms with E-state index in [0.717, 1.165) is 116 Å². The molecule has 0 N–H and O–H groups in total. The van der Waals surface area contributed by atoms with Crippen LogP contribution in [0.25, 0.3) is 0 Å². The number of hydrogen-bond acceptors (Lipinski definition) is 7.